The maximum absolute atomic E-state index is 12.9. The Labute approximate surface area is 142 Å². The van der Waals surface area contributed by atoms with Gasteiger partial charge < -0.3 is 14.3 Å². The Morgan fingerprint density at radius 1 is 1.29 bits per heavy atom. The molecule has 0 spiro atoms. The number of aryl methyl sites for hydroxylation is 1. The van der Waals surface area contributed by atoms with Crippen LogP contribution in [0.2, 0.25) is 0 Å². The number of rotatable bonds is 4. The molecule has 0 unspecified atom stereocenters. The van der Waals surface area contributed by atoms with Gasteiger partial charge in [-0.2, -0.15) is 0 Å². The molecule has 1 amide bonds. The number of quaternary nitrogens is 1. The third kappa shape index (κ3) is 3.48. The Balaban J connectivity index is 1.62. The zero-order chi connectivity index (χ0) is 17.1. The van der Waals surface area contributed by atoms with E-state index in [1.54, 1.807) is 0 Å². The largest absolute Gasteiger partial charge is 0.360 e. The highest BCUT2D eigenvalue weighted by Gasteiger charge is 2.30. The third-order valence-electron chi connectivity index (χ3n) is 4.59. The Morgan fingerprint density at radius 3 is 2.58 bits per heavy atom. The van der Waals surface area contributed by atoms with Crippen molar-refractivity contribution in [3.63, 3.8) is 0 Å². The van der Waals surface area contributed by atoms with E-state index in [-0.39, 0.29) is 11.8 Å². The summed E-state index contributed by atoms with van der Waals surface area (Å²) in [5.41, 5.74) is 2.63. The molecule has 1 aliphatic heterocycles. The van der Waals surface area contributed by atoms with Gasteiger partial charge in [0, 0.05) is 23.9 Å². The monoisotopic (exact) mass is 329 g/mol. The lowest BCUT2D eigenvalue weighted by Gasteiger charge is -2.32. The minimum atomic E-state index is 0.0559. The molecule has 1 aliphatic rings. The molecule has 1 saturated heterocycles. The Bertz CT molecular complexity index is 688. The third-order valence-corrected chi connectivity index (χ3v) is 4.59. The van der Waals surface area contributed by atoms with E-state index >= 15 is 0 Å². The van der Waals surface area contributed by atoms with Gasteiger partial charge in [-0.1, -0.05) is 19.0 Å². The van der Waals surface area contributed by atoms with Gasteiger partial charge in [0.2, 0.25) is 0 Å². The van der Waals surface area contributed by atoms with Crippen molar-refractivity contribution in [2.45, 2.75) is 33.2 Å². The molecule has 1 N–H and O–H groups in total. The molecular weight excluding hydrogens is 304 g/mol. The van der Waals surface area contributed by atoms with E-state index in [4.69, 9.17) is 4.52 Å². The quantitative estimate of drug-likeness (QED) is 0.910. The first kappa shape index (κ1) is 16.6. The first-order valence-electron chi connectivity index (χ1n) is 8.54. The normalized spacial score (nSPS) is 15.9. The van der Waals surface area contributed by atoms with Gasteiger partial charge in [-0.15, -0.1) is 0 Å². The fraction of sp³-hybridized carbons (Fsp3) is 0.500. The number of nitrogens with one attached hydrogen (secondary N) is 1. The second-order valence-corrected chi connectivity index (χ2v) is 6.74. The number of amides is 1. The molecule has 0 radical (unpaired) electrons. The maximum Gasteiger partial charge on any atom is 0.259 e. The van der Waals surface area contributed by atoms with Crippen molar-refractivity contribution in [3.05, 3.63) is 47.1 Å². The number of carbonyl (C=O) groups excluding carboxylic acids is 1. The molecule has 0 saturated carbocycles. The highest BCUT2D eigenvalue weighted by molar-refractivity contribution is 5.96. The summed E-state index contributed by atoms with van der Waals surface area (Å²) in [6.07, 6.45) is 3.66. The predicted molar refractivity (Wildman–Crippen MR) is 89.9 cm³/mol. The van der Waals surface area contributed by atoms with E-state index in [9.17, 15) is 4.79 Å². The minimum Gasteiger partial charge on any atom is -0.360 e. The van der Waals surface area contributed by atoms with Crippen LogP contribution in [-0.4, -0.2) is 47.1 Å². The number of aromatic nitrogens is 2. The van der Waals surface area contributed by atoms with Crippen LogP contribution in [0.3, 0.4) is 0 Å². The summed E-state index contributed by atoms with van der Waals surface area (Å²) in [4.78, 5) is 20.4. The number of pyridine rings is 1. The van der Waals surface area contributed by atoms with Crippen molar-refractivity contribution < 1.29 is 14.2 Å². The molecule has 0 atom stereocenters. The van der Waals surface area contributed by atoms with Gasteiger partial charge in [0.15, 0.2) is 5.76 Å². The molecule has 2 aromatic heterocycles. The van der Waals surface area contributed by atoms with E-state index in [1.807, 2.05) is 38.1 Å². The number of hydrogen-bond donors (Lipinski definition) is 1. The molecule has 128 valence electrons. The lowest BCUT2D eigenvalue weighted by molar-refractivity contribution is -0.917. The summed E-state index contributed by atoms with van der Waals surface area (Å²) < 4.78 is 5.36. The van der Waals surface area contributed by atoms with E-state index in [1.165, 1.54) is 10.5 Å². The second-order valence-electron chi connectivity index (χ2n) is 6.74. The fourth-order valence-electron chi connectivity index (χ4n) is 3.19. The smallest absolute Gasteiger partial charge is 0.259 e. The molecule has 3 heterocycles. The maximum atomic E-state index is 12.9. The average molecular weight is 329 g/mol. The van der Waals surface area contributed by atoms with Crippen molar-refractivity contribution in [1.29, 1.82) is 0 Å². The Kier molecular flexibility index (Phi) is 4.94. The van der Waals surface area contributed by atoms with E-state index in [0.717, 1.165) is 32.7 Å². The number of carbonyl (C=O) groups is 1. The molecule has 6 nitrogen and oxygen atoms in total. The molecule has 2 aromatic rings. The van der Waals surface area contributed by atoms with Gasteiger partial charge in [-0.05, 0) is 19.1 Å². The SMILES string of the molecule is Cc1noc(C(C)C)c1C(=O)N1CC[NH+](Cc2ccncc2)CC1. The zero-order valence-corrected chi connectivity index (χ0v) is 14.6. The van der Waals surface area contributed by atoms with Gasteiger partial charge >= 0.3 is 0 Å². The first-order chi connectivity index (χ1) is 11.6. The summed E-state index contributed by atoms with van der Waals surface area (Å²) in [7, 11) is 0. The minimum absolute atomic E-state index is 0.0559. The van der Waals surface area contributed by atoms with Crippen LogP contribution in [0.5, 0.6) is 0 Å². The molecular formula is C18H25N4O2+. The lowest BCUT2D eigenvalue weighted by Crippen LogP contribution is -3.13. The van der Waals surface area contributed by atoms with Crippen molar-refractivity contribution in [3.8, 4) is 0 Å². The fourth-order valence-corrected chi connectivity index (χ4v) is 3.19. The molecule has 3 rings (SSSR count). The topological polar surface area (TPSA) is 63.7 Å². The second kappa shape index (κ2) is 7.13. The average Bonchev–Trinajstić information content (AvgIpc) is 2.98. The molecule has 0 bridgehead atoms. The van der Waals surface area contributed by atoms with Gasteiger partial charge in [0.25, 0.3) is 5.91 Å². The van der Waals surface area contributed by atoms with Crippen LogP contribution in [-0.2, 0) is 6.54 Å². The van der Waals surface area contributed by atoms with Gasteiger partial charge in [-0.3, -0.25) is 9.78 Å². The first-order valence-corrected chi connectivity index (χ1v) is 8.54. The van der Waals surface area contributed by atoms with Gasteiger partial charge in [-0.25, -0.2) is 0 Å². The Morgan fingerprint density at radius 2 is 1.96 bits per heavy atom. The van der Waals surface area contributed by atoms with Gasteiger partial charge in [0.05, 0.1) is 31.9 Å². The molecule has 6 heteroatoms. The predicted octanol–water partition coefficient (Wildman–Crippen LogP) is 1.04. The van der Waals surface area contributed by atoms with E-state index in [2.05, 4.69) is 22.3 Å². The standard InChI is InChI=1S/C18H24N4O2/c1-13(2)17-16(14(3)20-24-17)18(23)22-10-8-21(9-11-22)12-15-4-6-19-7-5-15/h4-7,13H,8-12H2,1-3H3/p+1. The molecule has 0 aromatic carbocycles. The number of hydrogen-bond acceptors (Lipinski definition) is 4. The van der Waals surface area contributed by atoms with Crippen LogP contribution < -0.4 is 4.90 Å². The summed E-state index contributed by atoms with van der Waals surface area (Å²) in [6.45, 7) is 10.3. The highest BCUT2D eigenvalue weighted by atomic mass is 16.5. The van der Waals surface area contributed by atoms with Crippen molar-refractivity contribution in [1.82, 2.24) is 15.0 Å². The van der Waals surface area contributed by atoms with Crippen molar-refractivity contribution in [2.75, 3.05) is 26.2 Å². The van der Waals surface area contributed by atoms with Crippen molar-refractivity contribution >= 4 is 5.91 Å². The van der Waals surface area contributed by atoms with Crippen LogP contribution >= 0.6 is 0 Å². The van der Waals surface area contributed by atoms with Crippen LogP contribution in [0.15, 0.2) is 29.0 Å². The molecule has 0 aliphatic carbocycles. The number of piperazine rings is 1. The highest BCUT2D eigenvalue weighted by Crippen LogP contribution is 2.23. The molecule has 24 heavy (non-hydrogen) atoms. The molecule has 1 fully saturated rings. The zero-order valence-electron chi connectivity index (χ0n) is 14.6. The lowest BCUT2D eigenvalue weighted by atomic mass is 10.0. The summed E-state index contributed by atoms with van der Waals surface area (Å²) >= 11 is 0. The van der Waals surface area contributed by atoms with Crippen LogP contribution in [0.1, 0.15) is 47.1 Å². The summed E-state index contributed by atoms with van der Waals surface area (Å²) in [5.74, 6) is 0.910. The van der Waals surface area contributed by atoms with E-state index in [0.29, 0.717) is 17.0 Å². The summed E-state index contributed by atoms with van der Waals surface area (Å²) in [5, 5.41) is 3.99. The Hall–Kier alpha value is -2.21. The van der Waals surface area contributed by atoms with Crippen LogP contribution in [0.4, 0.5) is 0 Å². The number of nitrogens with zero attached hydrogens (tertiary/aromatic N) is 3. The summed E-state index contributed by atoms with van der Waals surface area (Å²) in [6, 6.07) is 4.11. The van der Waals surface area contributed by atoms with Crippen LogP contribution in [0.25, 0.3) is 0 Å². The van der Waals surface area contributed by atoms with E-state index < -0.39 is 0 Å². The van der Waals surface area contributed by atoms with Crippen LogP contribution in [0, 0.1) is 6.92 Å². The van der Waals surface area contributed by atoms with Gasteiger partial charge in [0.1, 0.15) is 12.1 Å². The van der Waals surface area contributed by atoms with Crippen molar-refractivity contribution in [2.24, 2.45) is 0 Å².